The lowest BCUT2D eigenvalue weighted by molar-refractivity contribution is 0.485. The smallest absolute Gasteiger partial charge is 0.247 e. The molecule has 0 saturated heterocycles. The first kappa shape index (κ1) is 10.5. The van der Waals surface area contributed by atoms with Crippen molar-refractivity contribution in [1.82, 2.24) is 0 Å². The normalized spacial score (nSPS) is 7.50. The lowest BCUT2D eigenvalue weighted by atomic mass is 11.1. The highest BCUT2D eigenvalue weighted by Crippen LogP contribution is 2.05. The largest absolute Gasteiger partial charge is 0.370 e. The Hall–Kier alpha value is -0.420. The van der Waals surface area contributed by atoms with Crippen LogP contribution in [0.1, 0.15) is 0 Å². The molecule has 0 atom stereocenters. The molecule has 0 aromatic rings. The van der Waals surface area contributed by atoms with Crippen LogP contribution in [0.3, 0.4) is 0 Å². The molecule has 0 aromatic carbocycles. The Bertz CT molecular complexity index is 58.3. The zero-order chi connectivity index (χ0) is 7.15. The quantitative estimate of drug-likeness (QED) is 0.131. The molecular formula is CH9N4O2P. The Morgan fingerprint density at radius 1 is 1.38 bits per heavy atom. The van der Waals surface area contributed by atoms with E-state index in [1.54, 1.807) is 0 Å². The zero-order valence-electron chi connectivity index (χ0n) is 4.07. The van der Waals surface area contributed by atoms with Gasteiger partial charge in [0.2, 0.25) is 8.53 Å². The summed E-state index contributed by atoms with van der Waals surface area (Å²) in [6.07, 6.45) is 0. The van der Waals surface area contributed by atoms with Crippen molar-refractivity contribution >= 4 is 14.5 Å². The average molecular weight is 140 g/mol. The fraction of sp³-hybridized carbons (Fsp3) is 0. The molecule has 0 amide bonds. The van der Waals surface area contributed by atoms with Crippen LogP contribution in [0, 0.1) is 5.41 Å². The van der Waals surface area contributed by atoms with Crippen molar-refractivity contribution in [2.45, 2.75) is 0 Å². The fourth-order valence-corrected chi connectivity index (χ4v) is 0. The Labute approximate surface area is 47.8 Å². The van der Waals surface area contributed by atoms with Gasteiger partial charge < -0.3 is 21.3 Å². The van der Waals surface area contributed by atoms with E-state index in [1.807, 2.05) is 0 Å². The van der Waals surface area contributed by atoms with E-state index in [-0.39, 0.29) is 5.96 Å². The van der Waals surface area contributed by atoms with Crippen LogP contribution >= 0.6 is 8.53 Å². The summed E-state index contributed by atoms with van der Waals surface area (Å²) < 4.78 is 0. The Kier molecular flexibility index (Phi) is 8.67. The van der Waals surface area contributed by atoms with Crippen LogP contribution < -0.4 is 17.0 Å². The van der Waals surface area contributed by atoms with Crippen LogP contribution in [0.5, 0.6) is 0 Å². The van der Waals surface area contributed by atoms with E-state index in [1.165, 1.54) is 0 Å². The highest BCUT2D eigenvalue weighted by molar-refractivity contribution is 7.42. The lowest BCUT2D eigenvalue weighted by Crippen LogP contribution is -2.20. The van der Waals surface area contributed by atoms with Gasteiger partial charge in [-0.3, -0.25) is 10.9 Å². The van der Waals surface area contributed by atoms with Crippen molar-refractivity contribution < 1.29 is 9.79 Å². The molecule has 6 nitrogen and oxygen atoms in total. The van der Waals surface area contributed by atoms with Gasteiger partial charge in [-0.15, -0.1) is 0 Å². The molecule has 0 spiro atoms. The minimum atomic E-state index is -2.12. The summed E-state index contributed by atoms with van der Waals surface area (Å²) in [6.45, 7) is 0. The highest BCUT2D eigenvalue weighted by atomic mass is 31.2. The summed E-state index contributed by atoms with van der Waals surface area (Å²) >= 11 is 0. The van der Waals surface area contributed by atoms with E-state index in [4.69, 9.17) is 15.2 Å². The number of nitrogens with two attached hydrogens (primary N) is 3. The highest BCUT2D eigenvalue weighted by Gasteiger charge is 1.72. The van der Waals surface area contributed by atoms with Gasteiger partial charge in [-0.05, 0) is 0 Å². The van der Waals surface area contributed by atoms with Gasteiger partial charge in [-0.25, -0.2) is 0 Å². The molecule has 0 aromatic heterocycles. The van der Waals surface area contributed by atoms with Gasteiger partial charge in [0.15, 0.2) is 5.96 Å². The van der Waals surface area contributed by atoms with E-state index in [9.17, 15) is 0 Å². The summed E-state index contributed by atoms with van der Waals surface area (Å²) in [5.74, 6) is -0.333. The van der Waals surface area contributed by atoms with Gasteiger partial charge in [-0.1, -0.05) is 0 Å². The summed E-state index contributed by atoms with van der Waals surface area (Å²) in [5.41, 5.74) is 13.2. The zero-order valence-corrected chi connectivity index (χ0v) is 4.97. The summed E-state index contributed by atoms with van der Waals surface area (Å²) in [6, 6.07) is 0. The van der Waals surface area contributed by atoms with Gasteiger partial charge in [0, 0.05) is 0 Å². The third-order valence-electron chi connectivity index (χ3n) is 0. The Balaban J connectivity index is 0. The first-order chi connectivity index (χ1) is 3.46. The molecular weight excluding hydrogens is 131 g/mol. The van der Waals surface area contributed by atoms with E-state index in [0.29, 0.717) is 0 Å². The molecule has 0 heterocycles. The Morgan fingerprint density at radius 3 is 1.38 bits per heavy atom. The number of nitrogens with one attached hydrogen (secondary N) is 1. The first-order valence-electron chi connectivity index (χ1n) is 1.49. The molecule has 0 fully saturated rings. The van der Waals surface area contributed by atoms with Gasteiger partial charge in [0.05, 0.1) is 0 Å². The van der Waals surface area contributed by atoms with Crippen molar-refractivity contribution in [3.05, 3.63) is 0 Å². The predicted octanol–water partition coefficient (Wildman–Crippen LogP) is -2.00. The molecule has 0 bridgehead atoms. The number of rotatable bonds is 0. The van der Waals surface area contributed by atoms with Crippen LogP contribution in [0.4, 0.5) is 0 Å². The fourth-order valence-electron chi connectivity index (χ4n) is 0. The lowest BCUT2D eigenvalue weighted by Gasteiger charge is -1.79. The van der Waals surface area contributed by atoms with Gasteiger partial charge >= 0.3 is 0 Å². The van der Waals surface area contributed by atoms with Crippen molar-refractivity contribution in [3.63, 3.8) is 0 Å². The molecule has 9 N–H and O–H groups in total. The minimum absolute atomic E-state index is 0.333. The molecule has 0 aliphatic rings. The standard InChI is InChI=1S/CH5N3.H4NO2P/c2-1(3)4;1-4(2)3/h(H5,2,3,4);2-3H,1H2. The number of guanidine groups is 1. The first-order valence-corrected chi connectivity index (χ1v) is 2.80. The molecule has 0 saturated carbocycles. The van der Waals surface area contributed by atoms with Crippen LogP contribution in [0.2, 0.25) is 0 Å². The molecule has 0 unspecified atom stereocenters. The van der Waals surface area contributed by atoms with E-state index >= 15 is 0 Å². The number of hydrogen-bond acceptors (Lipinski definition) is 4. The van der Waals surface area contributed by atoms with Crippen molar-refractivity contribution in [1.29, 1.82) is 5.41 Å². The second-order valence-corrected chi connectivity index (χ2v) is 1.42. The molecule has 8 heavy (non-hydrogen) atoms. The Morgan fingerprint density at radius 2 is 1.38 bits per heavy atom. The molecule has 0 rings (SSSR count). The number of hydrogen-bond donors (Lipinski definition) is 6. The minimum Gasteiger partial charge on any atom is -0.370 e. The topological polar surface area (TPSA) is 142 Å². The summed E-state index contributed by atoms with van der Waals surface area (Å²) in [4.78, 5) is 14.9. The van der Waals surface area contributed by atoms with Crippen LogP contribution in [0.25, 0.3) is 0 Å². The molecule has 0 aliphatic heterocycles. The van der Waals surface area contributed by atoms with Crippen LogP contribution in [0.15, 0.2) is 0 Å². The second kappa shape index (κ2) is 6.58. The van der Waals surface area contributed by atoms with Crippen molar-refractivity contribution in [2.24, 2.45) is 17.0 Å². The molecule has 50 valence electrons. The maximum atomic E-state index is 7.45. The summed E-state index contributed by atoms with van der Waals surface area (Å²) in [5, 5.41) is 6.06. The molecule has 0 radical (unpaired) electrons. The predicted molar refractivity (Wildman–Crippen MR) is 31.6 cm³/mol. The van der Waals surface area contributed by atoms with Crippen molar-refractivity contribution in [3.8, 4) is 0 Å². The van der Waals surface area contributed by atoms with Crippen LogP contribution in [-0.4, -0.2) is 15.7 Å². The molecule has 7 heteroatoms. The SMILES string of the molecule is N=C(N)N.NP(O)O. The maximum absolute atomic E-state index is 7.45. The second-order valence-electron chi connectivity index (χ2n) is 0.776. The van der Waals surface area contributed by atoms with E-state index < -0.39 is 8.53 Å². The van der Waals surface area contributed by atoms with Gasteiger partial charge in [0.25, 0.3) is 0 Å². The third-order valence-corrected chi connectivity index (χ3v) is 0. The monoisotopic (exact) mass is 140 g/mol. The molecule has 0 aliphatic carbocycles. The van der Waals surface area contributed by atoms with Gasteiger partial charge in [-0.2, -0.15) is 0 Å². The van der Waals surface area contributed by atoms with Crippen molar-refractivity contribution in [2.75, 3.05) is 0 Å². The maximum Gasteiger partial charge on any atom is 0.247 e. The third kappa shape index (κ3) is 664. The summed E-state index contributed by atoms with van der Waals surface area (Å²) in [7, 11) is -2.12. The van der Waals surface area contributed by atoms with E-state index in [2.05, 4.69) is 17.0 Å². The van der Waals surface area contributed by atoms with Gasteiger partial charge in [0.1, 0.15) is 0 Å². The average Bonchev–Trinajstić information content (AvgIpc) is 1.25. The van der Waals surface area contributed by atoms with E-state index in [0.717, 1.165) is 0 Å². The van der Waals surface area contributed by atoms with Crippen LogP contribution in [-0.2, 0) is 0 Å².